The molecule has 0 radical (unpaired) electrons. The summed E-state index contributed by atoms with van der Waals surface area (Å²) in [5, 5.41) is 8.90. The molecule has 0 N–H and O–H groups in total. The van der Waals surface area contributed by atoms with Crippen molar-refractivity contribution in [2.45, 2.75) is 4.90 Å². The lowest BCUT2D eigenvalue weighted by Crippen LogP contribution is -2.40. The highest BCUT2D eigenvalue weighted by Gasteiger charge is 2.25. The third-order valence-corrected chi connectivity index (χ3v) is 7.23. The van der Waals surface area contributed by atoms with Gasteiger partial charge < -0.3 is 9.47 Å². The van der Waals surface area contributed by atoms with Gasteiger partial charge in [0.05, 0.1) is 29.7 Å². The number of morpholine rings is 1. The van der Waals surface area contributed by atoms with Gasteiger partial charge in [-0.05, 0) is 59.2 Å². The molecule has 1 aliphatic rings. The van der Waals surface area contributed by atoms with Gasteiger partial charge in [0.25, 0.3) is 0 Å². The molecule has 1 saturated heterocycles. The Balaban J connectivity index is 1.35. The van der Waals surface area contributed by atoms with Crippen molar-refractivity contribution in [1.82, 2.24) is 4.31 Å². The first-order valence-electron chi connectivity index (χ1n) is 10.6. The maximum Gasteiger partial charge on any atom is 0.336 e. The van der Waals surface area contributed by atoms with Crippen molar-refractivity contribution in [1.29, 1.82) is 5.26 Å². The molecule has 3 aromatic carbocycles. The lowest BCUT2D eigenvalue weighted by atomic mass is 10.0. The largest absolute Gasteiger partial charge is 0.423 e. The number of carbonyl (C=O) groups is 1. The predicted molar refractivity (Wildman–Crippen MR) is 127 cm³/mol. The number of hydrogen-bond acceptors (Lipinski definition) is 6. The Morgan fingerprint density at radius 1 is 0.912 bits per heavy atom. The van der Waals surface area contributed by atoms with E-state index in [1.54, 1.807) is 42.5 Å². The van der Waals surface area contributed by atoms with Crippen molar-refractivity contribution in [2.75, 3.05) is 26.3 Å². The molecule has 3 aromatic rings. The SMILES string of the molecule is N#Cc1ccc(-c2ccc(OC(=O)/C=C/c3ccc(S(=O)(=O)N4CCOCC4)cc3)cc2)cc1. The number of rotatable bonds is 6. The summed E-state index contributed by atoms with van der Waals surface area (Å²) < 4.78 is 37.3. The van der Waals surface area contributed by atoms with Gasteiger partial charge in [-0.15, -0.1) is 0 Å². The second kappa shape index (κ2) is 10.4. The summed E-state index contributed by atoms with van der Waals surface area (Å²) in [7, 11) is -3.55. The van der Waals surface area contributed by atoms with Crippen molar-refractivity contribution in [3.05, 3.63) is 90.0 Å². The minimum Gasteiger partial charge on any atom is -0.423 e. The van der Waals surface area contributed by atoms with Crippen LogP contribution in [0.15, 0.2) is 83.8 Å². The molecule has 7 nitrogen and oxygen atoms in total. The molecule has 4 rings (SSSR count). The molecule has 0 aliphatic carbocycles. The maximum absolute atomic E-state index is 12.7. The van der Waals surface area contributed by atoms with Crippen LogP contribution in [-0.4, -0.2) is 45.0 Å². The van der Waals surface area contributed by atoms with Crippen molar-refractivity contribution in [2.24, 2.45) is 0 Å². The van der Waals surface area contributed by atoms with Crippen molar-refractivity contribution < 1.29 is 22.7 Å². The minimum atomic E-state index is -3.55. The van der Waals surface area contributed by atoms with Crippen LogP contribution in [0.1, 0.15) is 11.1 Å². The van der Waals surface area contributed by atoms with Crippen LogP contribution in [0.2, 0.25) is 0 Å². The second-order valence-corrected chi connectivity index (χ2v) is 9.49. The van der Waals surface area contributed by atoms with Crippen LogP contribution < -0.4 is 4.74 Å². The molecule has 0 spiro atoms. The van der Waals surface area contributed by atoms with Crippen LogP contribution in [0.3, 0.4) is 0 Å². The Morgan fingerprint density at radius 2 is 1.50 bits per heavy atom. The molecule has 0 amide bonds. The first kappa shape index (κ1) is 23.4. The lowest BCUT2D eigenvalue weighted by Gasteiger charge is -2.26. The molecular formula is C26H22N2O5S. The fraction of sp³-hybridized carbons (Fsp3) is 0.154. The van der Waals surface area contributed by atoms with Gasteiger partial charge in [0, 0.05) is 19.2 Å². The van der Waals surface area contributed by atoms with E-state index >= 15 is 0 Å². The van der Waals surface area contributed by atoms with E-state index in [-0.39, 0.29) is 4.90 Å². The second-order valence-electron chi connectivity index (χ2n) is 7.55. The number of ether oxygens (including phenoxy) is 2. The zero-order valence-electron chi connectivity index (χ0n) is 18.3. The van der Waals surface area contributed by atoms with E-state index in [9.17, 15) is 13.2 Å². The quantitative estimate of drug-likeness (QED) is 0.306. The fourth-order valence-corrected chi connectivity index (χ4v) is 4.86. The summed E-state index contributed by atoms with van der Waals surface area (Å²) in [6, 6.07) is 22.7. The van der Waals surface area contributed by atoms with Crippen LogP contribution in [-0.2, 0) is 19.6 Å². The highest BCUT2D eigenvalue weighted by atomic mass is 32.2. The van der Waals surface area contributed by atoms with Gasteiger partial charge in [-0.2, -0.15) is 9.57 Å². The van der Waals surface area contributed by atoms with Gasteiger partial charge in [-0.25, -0.2) is 13.2 Å². The number of nitriles is 1. The van der Waals surface area contributed by atoms with Crippen molar-refractivity contribution in [3.8, 4) is 22.9 Å². The summed E-state index contributed by atoms with van der Waals surface area (Å²) in [6.45, 7) is 1.45. The molecule has 1 heterocycles. The minimum absolute atomic E-state index is 0.205. The van der Waals surface area contributed by atoms with Gasteiger partial charge in [0.1, 0.15) is 5.75 Å². The molecule has 1 fully saturated rings. The lowest BCUT2D eigenvalue weighted by molar-refractivity contribution is -0.128. The summed E-state index contributed by atoms with van der Waals surface area (Å²) >= 11 is 0. The van der Waals surface area contributed by atoms with E-state index in [2.05, 4.69) is 6.07 Å². The van der Waals surface area contributed by atoms with Gasteiger partial charge in [0.15, 0.2) is 0 Å². The molecule has 0 aromatic heterocycles. The Kier molecular flexibility index (Phi) is 7.18. The monoisotopic (exact) mass is 474 g/mol. The average Bonchev–Trinajstić information content (AvgIpc) is 2.89. The van der Waals surface area contributed by atoms with Crippen LogP contribution in [0.5, 0.6) is 5.75 Å². The van der Waals surface area contributed by atoms with Gasteiger partial charge in [-0.1, -0.05) is 36.4 Å². The zero-order chi connectivity index (χ0) is 24.0. The Hall–Kier alpha value is -3.77. The molecule has 172 valence electrons. The molecule has 0 unspecified atom stereocenters. The fourth-order valence-electron chi connectivity index (χ4n) is 3.45. The molecular weight excluding hydrogens is 452 g/mol. The molecule has 8 heteroatoms. The standard InChI is InChI=1S/C26H22N2O5S/c27-19-21-1-6-22(7-2-21)23-8-10-24(11-9-23)33-26(29)14-5-20-3-12-25(13-4-20)34(30,31)28-15-17-32-18-16-28/h1-14H,15-18H2/b14-5+. The summed E-state index contributed by atoms with van der Waals surface area (Å²) in [6.07, 6.45) is 2.86. The number of benzene rings is 3. The number of carbonyl (C=O) groups excluding carboxylic acids is 1. The van der Waals surface area contributed by atoms with Crippen LogP contribution >= 0.6 is 0 Å². The first-order chi connectivity index (χ1) is 16.5. The van der Waals surface area contributed by atoms with Crippen molar-refractivity contribution in [3.63, 3.8) is 0 Å². The highest BCUT2D eigenvalue weighted by Crippen LogP contribution is 2.23. The number of esters is 1. The highest BCUT2D eigenvalue weighted by molar-refractivity contribution is 7.89. The smallest absolute Gasteiger partial charge is 0.336 e. The summed E-state index contributed by atoms with van der Waals surface area (Å²) in [5.74, 6) is -0.143. The Morgan fingerprint density at radius 3 is 2.09 bits per heavy atom. The van der Waals surface area contributed by atoms with E-state index in [1.165, 1.54) is 22.5 Å². The van der Waals surface area contributed by atoms with E-state index in [0.29, 0.717) is 43.2 Å². The molecule has 34 heavy (non-hydrogen) atoms. The number of nitrogens with zero attached hydrogens (tertiary/aromatic N) is 2. The van der Waals surface area contributed by atoms with E-state index in [0.717, 1.165) is 11.1 Å². The third-order valence-electron chi connectivity index (χ3n) is 5.32. The zero-order valence-corrected chi connectivity index (χ0v) is 19.1. The maximum atomic E-state index is 12.7. The van der Waals surface area contributed by atoms with E-state index in [1.807, 2.05) is 24.3 Å². The normalized spacial score (nSPS) is 14.6. The molecule has 0 atom stereocenters. The Bertz CT molecular complexity index is 1320. The molecule has 0 bridgehead atoms. The van der Waals surface area contributed by atoms with Gasteiger partial charge in [0.2, 0.25) is 10.0 Å². The van der Waals surface area contributed by atoms with Crippen LogP contribution in [0.25, 0.3) is 17.2 Å². The number of hydrogen-bond donors (Lipinski definition) is 0. The molecule has 1 aliphatic heterocycles. The van der Waals surface area contributed by atoms with Crippen LogP contribution in [0.4, 0.5) is 0 Å². The summed E-state index contributed by atoms with van der Waals surface area (Å²) in [4.78, 5) is 12.4. The third kappa shape index (κ3) is 5.58. The predicted octanol–water partition coefficient (Wildman–Crippen LogP) is 3.86. The average molecular weight is 475 g/mol. The van der Waals surface area contributed by atoms with E-state index < -0.39 is 16.0 Å². The van der Waals surface area contributed by atoms with Gasteiger partial charge in [-0.3, -0.25) is 0 Å². The van der Waals surface area contributed by atoms with Crippen LogP contribution in [0, 0.1) is 11.3 Å². The van der Waals surface area contributed by atoms with E-state index in [4.69, 9.17) is 14.7 Å². The summed E-state index contributed by atoms with van der Waals surface area (Å²) in [5.41, 5.74) is 3.16. The number of sulfonamides is 1. The van der Waals surface area contributed by atoms with Gasteiger partial charge >= 0.3 is 5.97 Å². The molecule has 0 saturated carbocycles. The van der Waals surface area contributed by atoms with Crippen molar-refractivity contribution >= 4 is 22.1 Å². The Labute approximate surface area is 198 Å². The first-order valence-corrected chi connectivity index (χ1v) is 12.1. The topological polar surface area (TPSA) is 96.7 Å².